The maximum absolute atomic E-state index is 9.42. The van der Waals surface area contributed by atoms with Gasteiger partial charge in [0.05, 0.1) is 23.5 Å². The van der Waals surface area contributed by atoms with E-state index in [0.717, 1.165) is 42.5 Å². The Morgan fingerprint density at radius 2 is 2.42 bits per heavy atom. The van der Waals surface area contributed by atoms with E-state index in [1.807, 2.05) is 0 Å². The molecule has 1 aliphatic heterocycles. The van der Waals surface area contributed by atoms with E-state index >= 15 is 0 Å². The molecule has 0 saturated heterocycles. The van der Waals surface area contributed by atoms with Gasteiger partial charge in [0.25, 0.3) is 0 Å². The fourth-order valence-corrected chi connectivity index (χ4v) is 3.09. The molecule has 1 unspecified atom stereocenters. The van der Waals surface area contributed by atoms with Gasteiger partial charge in [-0.3, -0.25) is 0 Å². The van der Waals surface area contributed by atoms with E-state index in [1.54, 1.807) is 13.4 Å². The van der Waals surface area contributed by atoms with Gasteiger partial charge in [-0.25, -0.2) is 4.98 Å². The zero-order valence-electron chi connectivity index (χ0n) is 10.6. The van der Waals surface area contributed by atoms with E-state index in [-0.39, 0.29) is 6.10 Å². The van der Waals surface area contributed by atoms with E-state index in [0.29, 0.717) is 10.2 Å². The molecule has 6 heteroatoms. The first kappa shape index (κ1) is 12.3. The molecule has 0 aliphatic carbocycles. The van der Waals surface area contributed by atoms with E-state index in [2.05, 4.69) is 20.6 Å². The van der Waals surface area contributed by atoms with Gasteiger partial charge in [-0.15, -0.1) is 0 Å². The lowest BCUT2D eigenvalue weighted by atomic mass is 10.1. The van der Waals surface area contributed by atoms with Crippen LogP contribution in [0.5, 0.6) is 0 Å². The summed E-state index contributed by atoms with van der Waals surface area (Å²) < 4.78 is 8.13. The minimum atomic E-state index is 0.246. The summed E-state index contributed by atoms with van der Waals surface area (Å²) in [5.74, 6) is 0. The third kappa shape index (κ3) is 1.86. The number of aryl methyl sites for hydroxylation is 1. The first-order chi connectivity index (χ1) is 9.26. The molecule has 98 valence electrons. The summed E-state index contributed by atoms with van der Waals surface area (Å²) >= 11 is 5.31. The number of nitrogens with zero attached hydrogens (tertiary/aromatic N) is 3. The van der Waals surface area contributed by atoms with Gasteiger partial charge in [0.15, 0.2) is 4.64 Å². The fraction of sp³-hybridized carbons (Fsp3) is 0.462. The van der Waals surface area contributed by atoms with Gasteiger partial charge < -0.3 is 14.3 Å². The molecule has 1 N–H and O–H groups in total. The SMILES string of the molecule is COC1CCc2c(C#N)c3[nH]cnc(=S)c3n2CC1. The van der Waals surface area contributed by atoms with Crippen molar-refractivity contribution in [3.8, 4) is 6.07 Å². The summed E-state index contributed by atoms with van der Waals surface area (Å²) in [4.78, 5) is 7.19. The topological polar surface area (TPSA) is 66.6 Å². The minimum absolute atomic E-state index is 0.246. The molecular formula is C13H14N4OS. The van der Waals surface area contributed by atoms with Crippen LogP contribution in [0.4, 0.5) is 0 Å². The summed E-state index contributed by atoms with van der Waals surface area (Å²) in [7, 11) is 1.74. The van der Waals surface area contributed by atoms with Gasteiger partial charge in [-0.05, 0) is 19.3 Å². The van der Waals surface area contributed by atoms with Gasteiger partial charge >= 0.3 is 0 Å². The number of rotatable bonds is 1. The van der Waals surface area contributed by atoms with Crippen LogP contribution in [0.1, 0.15) is 24.1 Å². The number of aromatic nitrogens is 3. The smallest absolute Gasteiger partial charge is 0.153 e. The molecule has 3 rings (SSSR count). The predicted molar refractivity (Wildman–Crippen MR) is 73.4 cm³/mol. The van der Waals surface area contributed by atoms with Crippen molar-refractivity contribution in [2.24, 2.45) is 0 Å². The molecule has 0 bridgehead atoms. The molecule has 0 saturated carbocycles. The number of nitriles is 1. The second kappa shape index (κ2) is 4.76. The monoisotopic (exact) mass is 274 g/mol. The molecule has 0 aromatic carbocycles. The van der Waals surface area contributed by atoms with Crippen LogP contribution in [-0.4, -0.2) is 27.7 Å². The van der Waals surface area contributed by atoms with Crippen LogP contribution >= 0.6 is 12.2 Å². The van der Waals surface area contributed by atoms with Crippen LogP contribution < -0.4 is 0 Å². The molecule has 0 spiro atoms. The Balaban J connectivity index is 2.26. The number of H-pyrrole nitrogens is 1. The third-order valence-electron chi connectivity index (χ3n) is 3.79. The highest BCUT2D eigenvalue weighted by Gasteiger charge is 2.23. The van der Waals surface area contributed by atoms with Gasteiger partial charge in [-0.2, -0.15) is 5.26 Å². The van der Waals surface area contributed by atoms with Gasteiger partial charge in [0.1, 0.15) is 11.6 Å². The maximum Gasteiger partial charge on any atom is 0.153 e. The first-order valence-corrected chi connectivity index (χ1v) is 6.68. The molecule has 19 heavy (non-hydrogen) atoms. The quantitative estimate of drug-likeness (QED) is 0.810. The van der Waals surface area contributed by atoms with Crippen LogP contribution in [-0.2, 0) is 17.7 Å². The van der Waals surface area contributed by atoms with Crippen LogP contribution in [0.15, 0.2) is 6.33 Å². The van der Waals surface area contributed by atoms with E-state index < -0.39 is 0 Å². The van der Waals surface area contributed by atoms with Crippen LogP contribution in [0, 0.1) is 16.0 Å². The van der Waals surface area contributed by atoms with Crippen molar-refractivity contribution in [3.63, 3.8) is 0 Å². The Hall–Kier alpha value is -1.71. The van der Waals surface area contributed by atoms with Crippen molar-refractivity contribution in [3.05, 3.63) is 22.2 Å². The zero-order chi connectivity index (χ0) is 13.4. The molecule has 1 atom stereocenters. The summed E-state index contributed by atoms with van der Waals surface area (Å²) in [5.41, 5.74) is 3.43. The number of aromatic amines is 1. The van der Waals surface area contributed by atoms with Crippen molar-refractivity contribution in [2.75, 3.05) is 7.11 Å². The lowest BCUT2D eigenvalue weighted by Crippen LogP contribution is -2.11. The van der Waals surface area contributed by atoms with E-state index in [1.165, 1.54) is 0 Å². The Bertz CT molecular complexity index is 725. The fourth-order valence-electron chi connectivity index (χ4n) is 2.83. The highest BCUT2D eigenvalue weighted by Crippen LogP contribution is 2.29. The van der Waals surface area contributed by atoms with Gasteiger partial charge in [0.2, 0.25) is 0 Å². The van der Waals surface area contributed by atoms with Gasteiger partial charge in [-0.1, -0.05) is 12.2 Å². The highest BCUT2D eigenvalue weighted by atomic mass is 32.1. The molecule has 2 aromatic rings. The van der Waals surface area contributed by atoms with E-state index in [4.69, 9.17) is 17.0 Å². The molecule has 0 fully saturated rings. The zero-order valence-corrected chi connectivity index (χ0v) is 11.5. The van der Waals surface area contributed by atoms with Crippen molar-refractivity contribution in [1.29, 1.82) is 5.26 Å². The standard InChI is InChI=1S/C13H14N4OS/c1-18-8-2-3-10-9(6-14)11-12(17(10)5-4-8)13(19)16-7-15-11/h7-8H,2-5H2,1H3,(H,15,16,19). The number of fused-ring (bicyclic) bond motifs is 3. The lowest BCUT2D eigenvalue weighted by molar-refractivity contribution is 0.0888. The van der Waals surface area contributed by atoms with Crippen LogP contribution in [0.25, 0.3) is 11.0 Å². The molecule has 5 nitrogen and oxygen atoms in total. The number of nitrogens with one attached hydrogen (secondary N) is 1. The molecule has 0 amide bonds. The molecular weight excluding hydrogens is 260 g/mol. The summed E-state index contributed by atoms with van der Waals surface area (Å²) in [6.07, 6.45) is 4.50. The van der Waals surface area contributed by atoms with Crippen molar-refractivity contribution in [2.45, 2.75) is 31.9 Å². The van der Waals surface area contributed by atoms with E-state index in [9.17, 15) is 5.26 Å². The number of ether oxygens (including phenoxy) is 1. The average Bonchev–Trinajstić information content (AvgIpc) is 2.59. The molecule has 3 heterocycles. The molecule has 0 radical (unpaired) electrons. The third-order valence-corrected chi connectivity index (χ3v) is 4.09. The molecule has 1 aliphatic rings. The summed E-state index contributed by atoms with van der Waals surface area (Å²) in [6.45, 7) is 0.815. The van der Waals surface area contributed by atoms with Crippen molar-refractivity contribution >= 4 is 23.3 Å². The maximum atomic E-state index is 9.42. The number of hydrogen-bond acceptors (Lipinski definition) is 4. The lowest BCUT2D eigenvalue weighted by Gasteiger charge is -2.11. The number of methoxy groups -OCH3 is 1. The Morgan fingerprint density at radius 1 is 1.58 bits per heavy atom. The van der Waals surface area contributed by atoms with Crippen molar-refractivity contribution < 1.29 is 4.74 Å². The predicted octanol–water partition coefficient (Wildman–Crippen LogP) is 2.32. The Morgan fingerprint density at radius 3 is 3.16 bits per heavy atom. The van der Waals surface area contributed by atoms with Crippen LogP contribution in [0.3, 0.4) is 0 Å². The van der Waals surface area contributed by atoms with Crippen molar-refractivity contribution in [1.82, 2.24) is 14.5 Å². The van der Waals surface area contributed by atoms with Gasteiger partial charge in [0, 0.05) is 19.3 Å². The Labute approximate surface area is 115 Å². The minimum Gasteiger partial charge on any atom is -0.381 e. The van der Waals surface area contributed by atoms with Crippen LogP contribution in [0.2, 0.25) is 0 Å². The normalized spacial score (nSPS) is 18.8. The Kier molecular flexibility index (Phi) is 3.09. The second-order valence-electron chi connectivity index (χ2n) is 4.70. The average molecular weight is 274 g/mol. The largest absolute Gasteiger partial charge is 0.381 e. The number of hydrogen-bond donors (Lipinski definition) is 1. The summed E-state index contributed by atoms with van der Waals surface area (Å²) in [5, 5.41) is 9.42. The molecule has 2 aromatic heterocycles. The highest BCUT2D eigenvalue weighted by molar-refractivity contribution is 7.71. The summed E-state index contributed by atoms with van der Waals surface area (Å²) in [6, 6.07) is 2.30. The first-order valence-electron chi connectivity index (χ1n) is 6.28. The second-order valence-corrected chi connectivity index (χ2v) is 5.09.